The van der Waals surface area contributed by atoms with Gasteiger partial charge in [-0.1, -0.05) is 12.1 Å². The van der Waals surface area contributed by atoms with E-state index in [1.165, 1.54) is 5.56 Å². The number of imidazole rings is 1. The van der Waals surface area contributed by atoms with Gasteiger partial charge in [-0.15, -0.1) is 0 Å². The second-order valence-electron chi connectivity index (χ2n) is 7.35. The molecule has 0 aliphatic carbocycles. The molecule has 8 heteroatoms. The molecule has 0 radical (unpaired) electrons. The summed E-state index contributed by atoms with van der Waals surface area (Å²) in [5, 5.41) is 3.29. The fraction of sp³-hybridized carbons (Fsp3) is 0.217. The molecular weight excluding hydrogens is 390 g/mol. The van der Waals surface area contributed by atoms with Crippen LogP contribution in [0.4, 0.5) is 17.3 Å². The number of ether oxygens (including phenoxy) is 1. The van der Waals surface area contributed by atoms with E-state index in [9.17, 15) is 0 Å². The first-order valence-corrected chi connectivity index (χ1v) is 10.3. The Morgan fingerprint density at radius 2 is 1.84 bits per heavy atom. The standard InChI is InChI=1S/C23H23N7O/c1-3-20(4-2-18(1)16-29-8-7-24-17-29)27-23-26-6-5-22(28-23)19-13-21(15-25-14-19)30-9-11-31-12-10-30/h1-8,13-15,17H,9-12,16H2,(H,26,27,28). The molecule has 0 saturated carbocycles. The van der Waals surface area contributed by atoms with Crippen molar-refractivity contribution >= 4 is 17.3 Å². The number of hydrogen-bond donors (Lipinski definition) is 1. The average Bonchev–Trinajstić information content (AvgIpc) is 3.34. The van der Waals surface area contributed by atoms with Crippen molar-refractivity contribution < 1.29 is 4.74 Å². The summed E-state index contributed by atoms with van der Waals surface area (Å²) in [6.45, 7) is 4.02. The van der Waals surface area contributed by atoms with Gasteiger partial charge in [0.25, 0.3) is 0 Å². The lowest BCUT2D eigenvalue weighted by molar-refractivity contribution is 0.122. The molecule has 4 heterocycles. The van der Waals surface area contributed by atoms with E-state index in [0.717, 1.165) is 55.5 Å². The fourth-order valence-electron chi connectivity index (χ4n) is 3.56. The van der Waals surface area contributed by atoms with Crippen LogP contribution in [0, 0.1) is 0 Å². The topological polar surface area (TPSA) is 81.0 Å². The molecule has 1 saturated heterocycles. The maximum absolute atomic E-state index is 5.45. The van der Waals surface area contributed by atoms with Crippen molar-refractivity contribution in [2.45, 2.75) is 6.54 Å². The molecule has 0 unspecified atom stereocenters. The summed E-state index contributed by atoms with van der Waals surface area (Å²) in [6, 6.07) is 12.3. The first kappa shape index (κ1) is 19.2. The van der Waals surface area contributed by atoms with Crippen molar-refractivity contribution in [1.29, 1.82) is 0 Å². The number of hydrogen-bond acceptors (Lipinski definition) is 7. The highest BCUT2D eigenvalue weighted by atomic mass is 16.5. The van der Waals surface area contributed by atoms with Crippen molar-refractivity contribution in [2.75, 3.05) is 36.5 Å². The van der Waals surface area contributed by atoms with Gasteiger partial charge in [-0.05, 0) is 29.8 Å². The summed E-state index contributed by atoms with van der Waals surface area (Å²) in [6.07, 6.45) is 11.0. The molecule has 156 valence electrons. The first-order valence-electron chi connectivity index (χ1n) is 10.3. The van der Waals surface area contributed by atoms with Crippen LogP contribution in [0.1, 0.15) is 5.56 Å². The molecule has 4 aromatic rings. The van der Waals surface area contributed by atoms with Gasteiger partial charge in [0.15, 0.2) is 0 Å². The summed E-state index contributed by atoms with van der Waals surface area (Å²) < 4.78 is 7.48. The van der Waals surface area contributed by atoms with Crippen LogP contribution in [0.2, 0.25) is 0 Å². The van der Waals surface area contributed by atoms with E-state index in [0.29, 0.717) is 5.95 Å². The second-order valence-corrected chi connectivity index (χ2v) is 7.35. The highest BCUT2D eigenvalue weighted by molar-refractivity contribution is 5.65. The lowest BCUT2D eigenvalue weighted by Crippen LogP contribution is -2.36. The number of rotatable bonds is 6. The van der Waals surface area contributed by atoms with Gasteiger partial charge < -0.3 is 19.5 Å². The van der Waals surface area contributed by atoms with E-state index in [-0.39, 0.29) is 0 Å². The van der Waals surface area contributed by atoms with Crippen LogP contribution in [0.3, 0.4) is 0 Å². The molecule has 1 N–H and O–H groups in total. The Labute approximate surface area is 180 Å². The Bertz CT molecular complexity index is 1120. The summed E-state index contributed by atoms with van der Waals surface area (Å²) in [7, 11) is 0. The zero-order valence-electron chi connectivity index (χ0n) is 17.1. The van der Waals surface area contributed by atoms with Gasteiger partial charge in [0.1, 0.15) is 0 Å². The van der Waals surface area contributed by atoms with E-state index in [1.54, 1.807) is 12.4 Å². The molecule has 0 bridgehead atoms. The largest absolute Gasteiger partial charge is 0.378 e. The van der Waals surface area contributed by atoms with E-state index in [1.807, 2.05) is 47.7 Å². The van der Waals surface area contributed by atoms with Crippen molar-refractivity contribution in [3.05, 3.63) is 79.3 Å². The van der Waals surface area contributed by atoms with Crippen LogP contribution in [-0.4, -0.2) is 50.8 Å². The third kappa shape index (κ3) is 4.70. The van der Waals surface area contributed by atoms with Crippen molar-refractivity contribution in [3.8, 4) is 11.3 Å². The fourth-order valence-corrected chi connectivity index (χ4v) is 3.56. The Morgan fingerprint density at radius 3 is 2.65 bits per heavy atom. The van der Waals surface area contributed by atoms with Crippen LogP contribution in [0.25, 0.3) is 11.3 Å². The van der Waals surface area contributed by atoms with Gasteiger partial charge in [0.05, 0.1) is 37.1 Å². The zero-order valence-corrected chi connectivity index (χ0v) is 17.1. The SMILES string of the molecule is c1cn(Cc2ccc(Nc3nccc(-c4cncc(N5CCOCC5)c4)n3)cc2)cn1. The molecular formula is C23H23N7O. The van der Waals surface area contributed by atoms with Crippen molar-refractivity contribution in [1.82, 2.24) is 24.5 Å². The molecule has 5 rings (SSSR count). The minimum absolute atomic E-state index is 0.552. The second kappa shape index (κ2) is 8.93. The molecule has 0 spiro atoms. The van der Waals surface area contributed by atoms with Crippen LogP contribution >= 0.6 is 0 Å². The smallest absolute Gasteiger partial charge is 0.227 e. The van der Waals surface area contributed by atoms with Crippen molar-refractivity contribution in [2.24, 2.45) is 0 Å². The summed E-state index contributed by atoms with van der Waals surface area (Å²) in [5.41, 5.74) is 5.01. The van der Waals surface area contributed by atoms with Crippen LogP contribution in [-0.2, 0) is 11.3 Å². The minimum atomic E-state index is 0.552. The van der Waals surface area contributed by atoms with Crippen molar-refractivity contribution in [3.63, 3.8) is 0 Å². The molecule has 3 aromatic heterocycles. The lowest BCUT2D eigenvalue weighted by atomic mass is 10.2. The normalized spacial score (nSPS) is 13.9. The average molecular weight is 413 g/mol. The van der Waals surface area contributed by atoms with E-state index >= 15 is 0 Å². The zero-order chi connectivity index (χ0) is 20.9. The molecule has 0 amide bonds. The van der Waals surface area contributed by atoms with Crippen LogP contribution in [0.5, 0.6) is 0 Å². The molecule has 1 fully saturated rings. The van der Waals surface area contributed by atoms with Gasteiger partial charge in [0, 0.05) is 55.7 Å². The van der Waals surface area contributed by atoms with Gasteiger partial charge in [-0.3, -0.25) is 4.98 Å². The quantitative estimate of drug-likeness (QED) is 0.519. The number of morpholine rings is 1. The maximum Gasteiger partial charge on any atom is 0.227 e. The van der Waals surface area contributed by atoms with Gasteiger partial charge >= 0.3 is 0 Å². The Morgan fingerprint density at radius 1 is 0.968 bits per heavy atom. The minimum Gasteiger partial charge on any atom is -0.378 e. The van der Waals surface area contributed by atoms with Gasteiger partial charge in [0.2, 0.25) is 5.95 Å². The predicted molar refractivity (Wildman–Crippen MR) is 119 cm³/mol. The Balaban J connectivity index is 1.30. The Kier molecular flexibility index (Phi) is 5.53. The molecule has 8 nitrogen and oxygen atoms in total. The van der Waals surface area contributed by atoms with Crippen LogP contribution in [0.15, 0.2) is 73.7 Å². The maximum atomic E-state index is 5.45. The molecule has 1 aliphatic heterocycles. The number of nitrogens with zero attached hydrogens (tertiary/aromatic N) is 6. The third-order valence-corrected chi connectivity index (χ3v) is 5.19. The van der Waals surface area contributed by atoms with E-state index in [2.05, 4.69) is 48.4 Å². The third-order valence-electron chi connectivity index (χ3n) is 5.19. The number of aromatic nitrogens is 5. The number of nitrogens with one attached hydrogen (secondary N) is 1. The predicted octanol–water partition coefficient (Wildman–Crippen LogP) is 3.36. The molecule has 0 atom stereocenters. The van der Waals surface area contributed by atoms with Gasteiger partial charge in [-0.2, -0.15) is 0 Å². The molecule has 1 aliphatic rings. The Hall–Kier alpha value is -3.78. The molecule has 1 aromatic carbocycles. The summed E-state index contributed by atoms with van der Waals surface area (Å²) in [5.74, 6) is 0.552. The van der Waals surface area contributed by atoms with E-state index < -0.39 is 0 Å². The summed E-state index contributed by atoms with van der Waals surface area (Å²) in [4.78, 5) is 19.8. The highest BCUT2D eigenvalue weighted by Gasteiger charge is 2.13. The number of benzene rings is 1. The number of pyridine rings is 1. The summed E-state index contributed by atoms with van der Waals surface area (Å²) >= 11 is 0. The number of anilines is 3. The lowest BCUT2D eigenvalue weighted by Gasteiger charge is -2.28. The monoisotopic (exact) mass is 413 g/mol. The van der Waals surface area contributed by atoms with Crippen LogP contribution < -0.4 is 10.2 Å². The first-order chi connectivity index (χ1) is 15.3. The highest BCUT2D eigenvalue weighted by Crippen LogP contribution is 2.24. The van der Waals surface area contributed by atoms with E-state index in [4.69, 9.17) is 4.74 Å². The van der Waals surface area contributed by atoms with Gasteiger partial charge in [-0.25, -0.2) is 15.0 Å². The molecule has 31 heavy (non-hydrogen) atoms.